The Morgan fingerprint density at radius 1 is 0.974 bits per heavy atom. The maximum Gasteiger partial charge on any atom is 0.408 e. The summed E-state index contributed by atoms with van der Waals surface area (Å²) in [4.78, 5) is 61.3. The van der Waals surface area contributed by atoms with Crippen molar-refractivity contribution in [3.63, 3.8) is 0 Å². The van der Waals surface area contributed by atoms with Crippen LogP contribution in [0.4, 0.5) is 4.79 Å². The lowest BCUT2D eigenvalue weighted by Gasteiger charge is -2.34. The predicted octanol–water partition coefficient (Wildman–Crippen LogP) is 1.79. The van der Waals surface area contributed by atoms with E-state index in [1.54, 1.807) is 0 Å². The van der Waals surface area contributed by atoms with Crippen LogP contribution in [-0.2, 0) is 43.4 Å². The Kier molecular flexibility index (Phi) is 9.72. The molecule has 0 aliphatic heterocycles. The first-order valence-corrected chi connectivity index (χ1v) is 12.4. The normalized spacial score (nSPS) is 15.1. The molecule has 2 amide bonds. The molecule has 2 atom stereocenters. The van der Waals surface area contributed by atoms with Crippen molar-refractivity contribution < 1.29 is 33.8 Å². The molecule has 1 unspecified atom stereocenters. The van der Waals surface area contributed by atoms with Crippen LogP contribution in [0.25, 0.3) is 0 Å². The van der Waals surface area contributed by atoms with Gasteiger partial charge in [0.15, 0.2) is 5.78 Å². The lowest BCUT2D eigenvalue weighted by molar-refractivity contribution is -0.138. The number of carboxylic acid groups (broad SMARTS) is 1. The number of nitrogens with one attached hydrogen (secondary N) is 3. The molecule has 2 aromatic carbocycles. The number of carboxylic acids is 1. The molecule has 10 nitrogen and oxygen atoms in total. The fraction of sp³-hybridized carbons (Fsp3) is 0.393. The molecular weight excluding hydrogens is 490 g/mol. The van der Waals surface area contributed by atoms with E-state index in [2.05, 4.69) is 16.0 Å². The third-order valence-electron chi connectivity index (χ3n) is 6.50. The number of carbonyl (C=O) groups is 5. The molecular formula is C28H33N3O7. The number of Topliss-reactive ketones (excluding diaryl/α,β-unsaturated/α-hetero) is 1. The van der Waals surface area contributed by atoms with Gasteiger partial charge in [-0.15, -0.1) is 0 Å². The number of benzene rings is 2. The molecule has 0 saturated carbocycles. The Morgan fingerprint density at radius 2 is 1.58 bits per heavy atom. The molecule has 2 aromatic rings. The molecule has 0 fully saturated rings. The van der Waals surface area contributed by atoms with Gasteiger partial charge in [0.05, 0.1) is 30.6 Å². The van der Waals surface area contributed by atoms with Crippen molar-refractivity contribution in [3.05, 3.63) is 71.3 Å². The molecule has 0 aromatic heterocycles. The van der Waals surface area contributed by atoms with Crippen molar-refractivity contribution >= 4 is 30.0 Å². The Bertz CT molecular complexity index is 1140. The maximum absolute atomic E-state index is 14.0. The van der Waals surface area contributed by atoms with Crippen molar-refractivity contribution in [2.24, 2.45) is 5.92 Å². The smallest absolute Gasteiger partial charge is 0.408 e. The largest absolute Gasteiger partial charge is 0.481 e. The number of amides is 2. The topological polar surface area (TPSA) is 151 Å². The second-order valence-corrected chi connectivity index (χ2v) is 9.76. The van der Waals surface area contributed by atoms with Gasteiger partial charge in [-0.3, -0.25) is 19.7 Å². The van der Waals surface area contributed by atoms with E-state index in [1.807, 2.05) is 68.4 Å². The van der Waals surface area contributed by atoms with E-state index in [0.717, 1.165) is 16.7 Å². The van der Waals surface area contributed by atoms with E-state index in [9.17, 15) is 24.0 Å². The third-order valence-corrected chi connectivity index (χ3v) is 6.50. The standard InChI is InChI=1S/C28H33N3O7/c1-18(2)25(31-27(37)38-17-19-8-4-3-5-9-19)26(36)28(13-20-10-6-7-11-21(20)14-28)29-15-23(33)30-22(16-32)12-24(34)35/h3-11,16,18,22,25,29H,12-15,17H2,1-2H3,(H,30,33)(H,31,37)(H,34,35)/t22?,25-/m0/s1. The second-order valence-electron chi connectivity index (χ2n) is 9.76. The van der Waals surface area contributed by atoms with E-state index in [0.29, 0.717) is 19.1 Å². The lowest BCUT2D eigenvalue weighted by Crippen LogP contribution is -2.63. The molecule has 38 heavy (non-hydrogen) atoms. The van der Waals surface area contributed by atoms with Crippen LogP contribution >= 0.6 is 0 Å². The first-order chi connectivity index (χ1) is 18.1. The zero-order valence-corrected chi connectivity index (χ0v) is 21.4. The zero-order chi connectivity index (χ0) is 27.7. The highest BCUT2D eigenvalue weighted by Gasteiger charge is 2.47. The van der Waals surface area contributed by atoms with Gasteiger partial charge in [-0.05, 0) is 35.4 Å². The molecule has 0 saturated heterocycles. The molecule has 4 N–H and O–H groups in total. The first kappa shape index (κ1) is 28.5. The molecule has 10 heteroatoms. The summed E-state index contributed by atoms with van der Waals surface area (Å²) < 4.78 is 5.33. The number of alkyl carbamates (subject to hydrolysis) is 1. The average Bonchev–Trinajstić information content (AvgIpc) is 3.28. The van der Waals surface area contributed by atoms with Crippen molar-refractivity contribution in [2.75, 3.05) is 6.54 Å². The van der Waals surface area contributed by atoms with Gasteiger partial charge in [0, 0.05) is 0 Å². The Morgan fingerprint density at radius 3 is 2.13 bits per heavy atom. The minimum atomic E-state index is -1.22. The van der Waals surface area contributed by atoms with Crippen LogP contribution in [0.1, 0.15) is 37.0 Å². The van der Waals surface area contributed by atoms with Crippen molar-refractivity contribution in [1.82, 2.24) is 16.0 Å². The summed E-state index contributed by atoms with van der Waals surface area (Å²) in [6, 6.07) is 14.6. The average molecular weight is 524 g/mol. The van der Waals surface area contributed by atoms with Crippen LogP contribution in [0.2, 0.25) is 0 Å². The van der Waals surface area contributed by atoms with Crippen LogP contribution < -0.4 is 16.0 Å². The van der Waals surface area contributed by atoms with Gasteiger partial charge < -0.3 is 25.3 Å². The summed E-state index contributed by atoms with van der Waals surface area (Å²) in [6.07, 6.45) is -0.323. The Labute approximate surface area is 221 Å². The van der Waals surface area contributed by atoms with E-state index in [-0.39, 0.29) is 24.9 Å². The summed E-state index contributed by atoms with van der Waals surface area (Å²) in [6.45, 7) is 3.34. The van der Waals surface area contributed by atoms with Gasteiger partial charge in [0.2, 0.25) is 5.91 Å². The van der Waals surface area contributed by atoms with Crippen LogP contribution in [0, 0.1) is 5.92 Å². The highest BCUT2D eigenvalue weighted by molar-refractivity contribution is 5.97. The number of carbonyl (C=O) groups excluding carboxylic acids is 4. The van der Waals surface area contributed by atoms with Crippen LogP contribution in [-0.4, -0.2) is 59.3 Å². The fourth-order valence-electron chi connectivity index (χ4n) is 4.55. The summed E-state index contributed by atoms with van der Waals surface area (Å²) in [5.74, 6) is -2.43. The number of aliphatic carboxylic acids is 1. The van der Waals surface area contributed by atoms with Crippen LogP contribution in [0.3, 0.4) is 0 Å². The molecule has 3 rings (SSSR count). The Balaban J connectivity index is 1.74. The Hall–Kier alpha value is -4.05. The number of hydrogen-bond acceptors (Lipinski definition) is 7. The van der Waals surface area contributed by atoms with Gasteiger partial charge in [0.25, 0.3) is 0 Å². The number of ketones is 1. The number of aldehydes is 1. The van der Waals surface area contributed by atoms with Crippen LogP contribution in [0.15, 0.2) is 54.6 Å². The molecule has 1 aliphatic carbocycles. The van der Waals surface area contributed by atoms with E-state index in [4.69, 9.17) is 9.84 Å². The van der Waals surface area contributed by atoms with Gasteiger partial charge in [0.1, 0.15) is 12.9 Å². The second kappa shape index (κ2) is 13.0. The van der Waals surface area contributed by atoms with E-state index >= 15 is 0 Å². The van der Waals surface area contributed by atoms with Gasteiger partial charge in [-0.1, -0.05) is 68.4 Å². The molecule has 0 heterocycles. The fourth-order valence-corrected chi connectivity index (χ4v) is 4.55. The minimum Gasteiger partial charge on any atom is -0.481 e. The summed E-state index contributed by atoms with van der Waals surface area (Å²) >= 11 is 0. The molecule has 0 bridgehead atoms. The van der Waals surface area contributed by atoms with Gasteiger partial charge in [-0.25, -0.2) is 4.79 Å². The molecule has 1 aliphatic rings. The lowest BCUT2D eigenvalue weighted by atomic mass is 9.82. The quantitative estimate of drug-likeness (QED) is 0.290. The SMILES string of the molecule is CC(C)[C@H](NC(=O)OCc1ccccc1)C(=O)C1(NCC(=O)NC(C=O)CC(=O)O)Cc2ccccc2C1. The zero-order valence-electron chi connectivity index (χ0n) is 21.4. The van der Waals surface area contributed by atoms with Gasteiger partial charge >= 0.3 is 12.1 Å². The highest BCUT2D eigenvalue weighted by atomic mass is 16.5. The van der Waals surface area contributed by atoms with Crippen molar-refractivity contribution in [2.45, 2.75) is 57.3 Å². The third kappa shape index (κ3) is 7.48. The number of rotatable bonds is 13. The summed E-state index contributed by atoms with van der Waals surface area (Å²) in [5.41, 5.74) is 1.49. The van der Waals surface area contributed by atoms with Crippen molar-refractivity contribution in [3.8, 4) is 0 Å². The highest BCUT2D eigenvalue weighted by Crippen LogP contribution is 2.32. The minimum absolute atomic E-state index is 0.0505. The molecule has 202 valence electrons. The van der Waals surface area contributed by atoms with E-state index < -0.39 is 42.0 Å². The monoisotopic (exact) mass is 523 g/mol. The molecule has 0 spiro atoms. The summed E-state index contributed by atoms with van der Waals surface area (Å²) in [7, 11) is 0. The van der Waals surface area contributed by atoms with Crippen molar-refractivity contribution in [1.29, 1.82) is 0 Å². The first-order valence-electron chi connectivity index (χ1n) is 12.4. The number of ether oxygens (including phenoxy) is 1. The number of hydrogen-bond donors (Lipinski definition) is 4. The van der Waals surface area contributed by atoms with Crippen LogP contribution in [0.5, 0.6) is 0 Å². The summed E-state index contributed by atoms with van der Waals surface area (Å²) in [5, 5.41) is 17.1. The van der Waals surface area contributed by atoms with Gasteiger partial charge in [-0.2, -0.15) is 0 Å². The predicted molar refractivity (Wildman–Crippen MR) is 138 cm³/mol. The maximum atomic E-state index is 14.0. The number of fused-ring (bicyclic) bond motifs is 1. The van der Waals surface area contributed by atoms with E-state index in [1.165, 1.54) is 0 Å². The molecule has 0 radical (unpaired) electrons.